The third-order valence-corrected chi connectivity index (χ3v) is 7.67. The van der Waals surface area contributed by atoms with Crippen molar-refractivity contribution >= 4 is 16.6 Å². The molecule has 0 unspecified atom stereocenters. The van der Waals surface area contributed by atoms with Crippen LogP contribution in [0.1, 0.15) is 43.4 Å². The molecular weight excluding hydrogens is 402 g/mol. The van der Waals surface area contributed by atoms with Crippen LogP contribution in [0.4, 0.5) is 5.69 Å². The van der Waals surface area contributed by atoms with Gasteiger partial charge in [-0.3, -0.25) is 4.98 Å². The number of hydrogen-bond donors (Lipinski definition) is 1. The zero-order chi connectivity index (χ0) is 21.5. The predicted octanol–water partition coefficient (Wildman–Crippen LogP) is 4.05. The molecule has 0 spiro atoms. The molecule has 4 aliphatic rings. The lowest BCUT2D eigenvalue weighted by Gasteiger charge is -2.43. The maximum Gasteiger partial charge on any atom is 0.163 e. The van der Waals surface area contributed by atoms with E-state index in [9.17, 15) is 0 Å². The second kappa shape index (κ2) is 8.38. The minimum Gasteiger partial charge on any atom is -0.493 e. The third-order valence-electron chi connectivity index (χ3n) is 7.67. The van der Waals surface area contributed by atoms with Gasteiger partial charge in [0.1, 0.15) is 0 Å². The number of rotatable bonds is 9. The Bertz CT molecular complexity index is 994. The predicted molar refractivity (Wildman–Crippen MR) is 126 cm³/mol. The first-order chi connectivity index (χ1) is 15.7. The van der Waals surface area contributed by atoms with E-state index in [-0.39, 0.29) is 5.41 Å². The lowest BCUT2D eigenvalue weighted by Crippen LogP contribution is -2.54. The Morgan fingerprint density at radius 3 is 2.69 bits per heavy atom. The van der Waals surface area contributed by atoms with Crippen molar-refractivity contribution in [2.24, 2.45) is 11.3 Å². The van der Waals surface area contributed by atoms with Gasteiger partial charge in [0.15, 0.2) is 11.5 Å². The van der Waals surface area contributed by atoms with Crippen LogP contribution in [0.2, 0.25) is 0 Å². The number of aryl methyl sites for hydroxylation is 1. The van der Waals surface area contributed by atoms with Crippen molar-refractivity contribution in [3.8, 4) is 11.5 Å². The number of nitrogens with zero attached hydrogens (tertiary/aromatic N) is 2. The van der Waals surface area contributed by atoms with Crippen LogP contribution in [0.5, 0.6) is 11.5 Å². The van der Waals surface area contributed by atoms with Crippen molar-refractivity contribution < 1.29 is 14.2 Å². The highest BCUT2D eigenvalue weighted by molar-refractivity contribution is 5.96. The van der Waals surface area contributed by atoms with E-state index in [1.54, 1.807) is 7.11 Å². The smallest absolute Gasteiger partial charge is 0.163 e. The Morgan fingerprint density at radius 2 is 1.97 bits per heavy atom. The van der Waals surface area contributed by atoms with Crippen molar-refractivity contribution in [3.63, 3.8) is 0 Å². The minimum atomic E-state index is 0.0899. The summed E-state index contributed by atoms with van der Waals surface area (Å²) in [6, 6.07) is 4.23. The Kier molecular flexibility index (Phi) is 5.38. The molecule has 1 saturated carbocycles. The number of nitrogens with one attached hydrogen (secondary N) is 1. The van der Waals surface area contributed by atoms with Crippen LogP contribution in [0.15, 0.2) is 12.1 Å². The van der Waals surface area contributed by atoms with Gasteiger partial charge >= 0.3 is 0 Å². The third kappa shape index (κ3) is 3.92. The van der Waals surface area contributed by atoms with Gasteiger partial charge in [-0.25, -0.2) is 0 Å². The molecule has 0 bridgehead atoms. The number of fused-ring (bicyclic) bond motifs is 2. The van der Waals surface area contributed by atoms with E-state index in [0.29, 0.717) is 6.61 Å². The molecule has 2 aliphatic heterocycles. The van der Waals surface area contributed by atoms with Crippen molar-refractivity contribution in [2.75, 3.05) is 58.4 Å². The van der Waals surface area contributed by atoms with Crippen LogP contribution < -0.4 is 14.8 Å². The monoisotopic (exact) mass is 437 g/mol. The Labute approximate surface area is 190 Å². The van der Waals surface area contributed by atoms with Crippen molar-refractivity contribution in [1.82, 2.24) is 9.88 Å². The quantitative estimate of drug-likeness (QED) is 0.639. The van der Waals surface area contributed by atoms with Gasteiger partial charge in [0.05, 0.1) is 37.9 Å². The highest BCUT2D eigenvalue weighted by Gasteiger charge is 2.41. The standard InChI is InChI=1S/C26H35N3O3/c1-30-23-11-20-22(28-21-6-4-5-19(21)25(20)27-13-18-7-8-18)12-24(23)32-17-26(15-31-16-26)14-29-9-2-3-10-29/h11-12,18H,2-10,13-17H2,1H3,(H,27,28). The van der Waals surface area contributed by atoms with E-state index in [1.807, 2.05) is 0 Å². The van der Waals surface area contributed by atoms with Crippen LogP contribution in [-0.2, 0) is 17.6 Å². The molecule has 1 aromatic carbocycles. The molecule has 2 saturated heterocycles. The fraction of sp³-hybridized carbons (Fsp3) is 0.654. The number of hydrogen-bond acceptors (Lipinski definition) is 6. The molecule has 0 radical (unpaired) electrons. The highest BCUT2D eigenvalue weighted by atomic mass is 16.5. The van der Waals surface area contributed by atoms with E-state index >= 15 is 0 Å². The second-order valence-electron chi connectivity index (χ2n) is 10.4. The Balaban J connectivity index is 1.28. The summed E-state index contributed by atoms with van der Waals surface area (Å²) in [6.07, 6.45) is 8.70. The van der Waals surface area contributed by atoms with Gasteiger partial charge < -0.3 is 24.4 Å². The molecule has 0 atom stereocenters. The molecular formula is C26H35N3O3. The Morgan fingerprint density at radius 1 is 1.12 bits per heavy atom. The van der Waals surface area contributed by atoms with Crippen molar-refractivity contribution in [2.45, 2.75) is 44.9 Å². The second-order valence-corrected chi connectivity index (χ2v) is 10.4. The zero-order valence-corrected chi connectivity index (χ0v) is 19.3. The van der Waals surface area contributed by atoms with Crippen LogP contribution in [0, 0.1) is 11.3 Å². The summed E-state index contributed by atoms with van der Waals surface area (Å²) in [5, 5.41) is 4.94. The lowest BCUT2D eigenvalue weighted by molar-refractivity contribution is -0.142. The van der Waals surface area contributed by atoms with Gasteiger partial charge in [0.2, 0.25) is 0 Å². The number of likely N-dealkylation sites (tertiary alicyclic amines) is 1. The van der Waals surface area contributed by atoms with Gasteiger partial charge in [-0.1, -0.05) is 0 Å². The number of aromatic nitrogens is 1. The van der Waals surface area contributed by atoms with E-state index in [4.69, 9.17) is 19.2 Å². The molecule has 6 rings (SSSR count). The van der Waals surface area contributed by atoms with Gasteiger partial charge in [0.25, 0.3) is 0 Å². The molecule has 1 aromatic heterocycles. The normalized spacial score (nSPS) is 22.0. The first kappa shape index (κ1) is 20.5. The van der Waals surface area contributed by atoms with Gasteiger partial charge in [0, 0.05) is 35.9 Å². The SMILES string of the molecule is COc1cc2c(NCC3CC3)c3c(nc2cc1OCC1(CN2CCCC2)COC1)CCC3. The van der Waals surface area contributed by atoms with Crippen LogP contribution >= 0.6 is 0 Å². The summed E-state index contributed by atoms with van der Waals surface area (Å²) in [5.41, 5.74) is 5.04. The van der Waals surface area contributed by atoms with Gasteiger partial charge in [-0.15, -0.1) is 0 Å². The van der Waals surface area contributed by atoms with E-state index in [1.165, 1.54) is 62.1 Å². The molecule has 32 heavy (non-hydrogen) atoms. The first-order valence-electron chi connectivity index (χ1n) is 12.4. The van der Waals surface area contributed by atoms with Crippen LogP contribution in [0.25, 0.3) is 10.9 Å². The summed E-state index contributed by atoms with van der Waals surface area (Å²) in [5.74, 6) is 2.42. The molecule has 6 heteroatoms. The fourth-order valence-electron chi connectivity index (χ4n) is 5.57. The number of pyridine rings is 1. The van der Waals surface area contributed by atoms with E-state index in [0.717, 1.165) is 67.5 Å². The van der Waals surface area contributed by atoms with Crippen molar-refractivity contribution in [3.05, 3.63) is 23.4 Å². The molecule has 3 fully saturated rings. The van der Waals surface area contributed by atoms with Crippen LogP contribution in [0.3, 0.4) is 0 Å². The molecule has 0 amide bonds. The summed E-state index contributed by atoms with van der Waals surface area (Å²) in [6.45, 7) is 6.73. The minimum absolute atomic E-state index is 0.0899. The summed E-state index contributed by atoms with van der Waals surface area (Å²) >= 11 is 0. The van der Waals surface area contributed by atoms with Gasteiger partial charge in [-0.05, 0) is 75.6 Å². The number of anilines is 1. The maximum absolute atomic E-state index is 6.43. The number of methoxy groups -OCH3 is 1. The largest absolute Gasteiger partial charge is 0.493 e. The summed E-state index contributed by atoms with van der Waals surface area (Å²) in [7, 11) is 1.73. The van der Waals surface area contributed by atoms with E-state index < -0.39 is 0 Å². The maximum atomic E-state index is 6.43. The van der Waals surface area contributed by atoms with E-state index in [2.05, 4.69) is 22.3 Å². The molecule has 2 aliphatic carbocycles. The molecule has 3 heterocycles. The topological polar surface area (TPSA) is 55.8 Å². The summed E-state index contributed by atoms with van der Waals surface area (Å²) < 4.78 is 17.8. The molecule has 1 N–H and O–H groups in total. The van der Waals surface area contributed by atoms with Crippen LogP contribution in [-0.4, -0.2) is 63.0 Å². The lowest BCUT2D eigenvalue weighted by atomic mass is 9.86. The zero-order valence-electron chi connectivity index (χ0n) is 19.3. The average molecular weight is 438 g/mol. The fourth-order valence-corrected chi connectivity index (χ4v) is 5.57. The molecule has 172 valence electrons. The molecule has 6 nitrogen and oxygen atoms in total. The van der Waals surface area contributed by atoms with Crippen molar-refractivity contribution in [1.29, 1.82) is 0 Å². The Hall–Kier alpha value is -2.05. The first-order valence-corrected chi connectivity index (χ1v) is 12.4. The number of ether oxygens (including phenoxy) is 3. The average Bonchev–Trinajstić information content (AvgIpc) is 3.25. The van der Waals surface area contributed by atoms with Gasteiger partial charge in [-0.2, -0.15) is 0 Å². The summed E-state index contributed by atoms with van der Waals surface area (Å²) in [4.78, 5) is 7.61. The number of benzene rings is 1. The highest BCUT2D eigenvalue weighted by Crippen LogP contribution is 2.41. The molecule has 2 aromatic rings.